The number of carbonyl (C=O) groups is 1. The molecule has 3 N–H and O–H groups in total. The van der Waals surface area contributed by atoms with E-state index in [1.807, 2.05) is 18.2 Å². The van der Waals surface area contributed by atoms with Crippen molar-refractivity contribution >= 4 is 41.5 Å². The standard InChI is InChI=1S/C21H33N5O.HI/c1-3-10-26-11-8-16(9-12-26)14-23-21(22-2)24-15-17-13-20(27)25-19-7-5-4-6-18(17)19;/h4-7,16-17H,3,8-15H2,1-2H3,(H,25,27)(H2,22,23,24);1H. The molecule has 6 nitrogen and oxygen atoms in total. The van der Waals surface area contributed by atoms with Gasteiger partial charge in [-0.1, -0.05) is 25.1 Å². The molecule has 1 aromatic rings. The molecular formula is C21H34IN5O. The summed E-state index contributed by atoms with van der Waals surface area (Å²) < 4.78 is 0. The SMILES string of the molecule is CCCN1CCC(CNC(=NC)NCC2CC(=O)Nc3ccccc32)CC1.I. The number of guanidine groups is 1. The number of likely N-dealkylation sites (tertiary alicyclic amines) is 1. The normalized spacial score (nSPS) is 20.7. The minimum absolute atomic E-state index is 0. The molecule has 0 radical (unpaired) electrons. The predicted octanol–water partition coefficient (Wildman–Crippen LogP) is 3.02. The van der Waals surface area contributed by atoms with Crippen molar-refractivity contribution in [2.45, 2.75) is 38.5 Å². The molecule has 0 aromatic heterocycles. The van der Waals surface area contributed by atoms with Gasteiger partial charge in [-0.2, -0.15) is 0 Å². The van der Waals surface area contributed by atoms with Crippen LogP contribution in [-0.4, -0.2) is 56.5 Å². The fourth-order valence-corrected chi connectivity index (χ4v) is 4.10. The van der Waals surface area contributed by atoms with E-state index in [-0.39, 0.29) is 35.8 Å². The topological polar surface area (TPSA) is 68.8 Å². The van der Waals surface area contributed by atoms with Gasteiger partial charge in [0, 0.05) is 38.2 Å². The van der Waals surface area contributed by atoms with E-state index in [2.05, 4.69) is 38.8 Å². The van der Waals surface area contributed by atoms with Crippen molar-refractivity contribution < 1.29 is 4.79 Å². The Morgan fingerprint density at radius 3 is 2.64 bits per heavy atom. The Labute approximate surface area is 186 Å². The third kappa shape index (κ3) is 6.34. The molecule has 2 heterocycles. The maximum atomic E-state index is 12.0. The van der Waals surface area contributed by atoms with E-state index in [9.17, 15) is 4.79 Å². The first kappa shape index (κ1) is 22.9. The predicted molar refractivity (Wildman–Crippen MR) is 127 cm³/mol. The quantitative estimate of drug-likeness (QED) is 0.320. The lowest BCUT2D eigenvalue weighted by Gasteiger charge is -2.32. The second-order valence-corrected chi connectivity index (χ2v) is 7.66. The number of nitrogens with one attached hydrogen (secondary N) is 3. The first-order valence-electron chi connectivity index (χ1n) is 10.2. The van der Waals surface area contributed by atoms with Crippen LogP contribution in [0.3, 0.4) is 0 Å². The minimum Gasteiger partial charge on any atom is -0.356 e. The van der Waals surface area contributed by atoms with E-state index in [0.717, 1.165) is 18.2 Å². The average molecular weight is 499 g/mol. The van der Waals surface area contributed by atoms with Gasteiger partial charge < -0.3 is 20.9 Å². The number of nitrogens with zero attached hydrogens (tertiary/aromatic N) is 2. The second kappa shape index (κ2) is 11.6. The molecule has 7 heteroatoms. The van der Waals surface area contributed by atoms with Crippen LogP contribution in [0.25, 0.3) is 0 Å². The van der Waals surface area contributed by atoms with Gasteiger partial charge >= 0.3 is 0 Å². The molecule has 1 unspecified atom stereocenters. The number of fused-ring (bicyclic) bond motifs is 1. The number of hydrogen-bond donors (Lipinski definition) is 3. The number of halogens is 1. The van der Waals surface area contributed by atoms with Crippen molar-refractivity contribution in [2.24, 2.45) is 10.9 Å². The molecule has 1 fully saturated rings. The van der Waals surface area contributed by atoms with E-state index >= 15 is 0 Å². The minimum atomic E-state index is 0. The number of aliphatic imine (C=N–C) groups is 1. The molecule has 156 valence electrons. The maximum Gasteiger partial charge on any atom is 0.225 e. The van der Waals surface area contributed by atoms with Crippen LogP contribution in [0.1, 0.15) is 44.1 Å². The van der Waals surface area contributed by atoms with Crippen molar-refractivity contribution in [1.82, 2.24) is 15.5 Å². The zero-order valence-electron chi connectivity index (χ0n) is 17.0. The summed E-state index contributed by atoms with van der Waals surface area (Å²) in [4.78, 5) is 18.9. The number of rotatable bonds is 6. The van der Waals surface area contributed by atoms with Gasteiger partial charge in [0.15, 0.2) is 5.96 Å². The summed E-state index contributed by atoms with van der Waals surface area (Å²) in [5, 5.41) is 9.85. The highest BCUT2D eigenvalue weighted by Crippen LogP contribution is 2.31. The van der Waals surface area contributed by atoms with Crippen LogP contribution in [0.4, 0.5) is 5.69 Å². The van der Waals surface area contributed by atoms with Crippen molar-refractivity contribution in [1.29, 1.82) is 0 Å². The van der Waals surface area contributed by atoms with Crippen LogP contribution < -0.4 is 16.0 Å². The van der Waals surface area contributed by atoms with Crippen LogP contribution in [0.15, 0.2) is 29.3 Å². The summed E-state index contributed by atoms with van der Waals surface area (Å²) in [5.74, 6) is 1.79. The average Bonchev–Trinajstić information content (AvgIpc) is 2.69. The Hall–Kier alpha value is -1.35. The van der Waals surface area contributed by atoms with Gasteiger partial charge in [-0.25, -0.2) is 0 Å². The fraction of sp³-hybridized carbons (Fsp3) is 0.619. The van der Waals surface area contributed by atoms with Crippen molar-refractivity contribution in [3.63, 3.8) is 0 Å². The molecular weight excluding hydrogens is 465 g/mol. The molecule has 0 aliphatic carbocycles. The molecule has 3 rings (SSSR count). The Kier molecular flexibility index (Phi) is 9.50. The molecule has 2 aliphatic rings. The van der Waals surface area contributed by atoms with Crippen LogP contribution in [0.5, 0.6) is 0 Å². The Morgan fingerprint density at radius 2 is 1.93 bits per heavy atom. The molecule has 28 heavy (non-hydrogen) atoms. The van der Waals surface area contributed by atoms with Crippen molar-refractivity contribution in [3.8, 4) is 0 Å². The number of carbonyl (C=O) groups excluding carboxylic acids is 1. The van der Waals surface area contributed by atoms with Gasteiger partial charge in [-0.15, -0.1) is 24.0 Å². The van der Waals surface area contributed by atoms with Crippen LogP contribution >= 0.6 is 24.0 Å². The smallest absolute Gasteiger partial charge is 0.225 e. The fourth-order valence-electron chi connectivity index (χ4n) is 4.10. The zero-order valence-corrected chi connectivity index (χ0v) is 19.4. The third-order valence-electron chi connectivity index (χ3n) is 5.65. The molecule has 1 amide bonds. The molecule has 0 bridgehead atoms. The lowest BCUT2D eigenvalue weighted by Crippen LogP contribution is -2.44. The van der Waals surface area contributed by atoms with E-state index in [4.69, 9.17) is 0 Å². The van der Waals surface area contributed by atoms with Gasteiger partial charge in [0.25, 0.3) is 0 Å². The zero-order chi connectivity index (χ0) is 19.1. The number of benzene rings is 1. The van der Waals surface area contributed by atoms with E-state index in [0.29, 0.717) is 18.9 Å². The number of piperidine rings is 1. The molecule has 0 spiro atoms. The number of anilines is 1. The molecule has 0 saturated carbocycles. The highest BCUT2D eigenvalue weighted by molar-refractivity contribution is 14.0. The van der Waals surface area contributed by atoms with Crippen molar-refractivity contribution in [2.75, 3.05) is 45.1 Å². The largest absolute Gasteiger partial charge is 0.356 e. The number of para-hydroxylation sites is 1. The van der Waals surface area contributed by atoms with Crippen LogP contribution in [0, 0.1) is 5.92 Å². The first-order chi connectivity index (χ1) is 13.2. The molecule has 1 aromatic carbocycles. The first-order valence-corrected chi connectivity index (χ1v) is 10.2. The van der Waals surface area contributed by atoms with Crippen LogP contribution in [0.2, 0.25) is 0 Å². The summed E-state index contributed by atoms with van der Waals surface area (Å²) in [6.45, 7) is 7.55. The molecule has 1 atom stereocenters. The van der Waals surface area contributed by atoms with E-state index < -0.39 is 0 Å². The molecule has 2 aliphatic heterocycles. The Morgan fingerprint density at radius 1 is 1.21 bits per heavy atom. The number of amides is 1. The summed E-state index contributed by atoms with van der Waals surface area (Å²) in [5.41, 5.74) is 2.13. The number of hydrogen-bond acceptors (Lipinski definition) is 3. The monoisotopic (exact) mass is 499 g/mol. The Bertz CT molecular complexity index is 658. The van der Waals surface area contributed by atoms with Gasteiger partial charge in [0.05, 0.1) is 0 Å². The third-order valence-corrected chi connectivity index (χ3v) is 5.65. The highest BCUT2D eigenvalue weighted by atomic mass is 127. The van der Waals surface area contributed by atoms with E-state index in [1.165, 1.54) is 44.5 Å². The highest BCUT2D eigenvalue weighted by Gasteiger charge is 2.25. The summed E-state index contributed by atoms with van der Waals surface area (Å²) in [6.07, 6.45) is 4.25. The van der Waals surface area contributed by atoms with Gasteiger partial charge in [0.2, 0.25) is 5.91 Å². The lowest BCUT2D eigenvalue weighted by molar-refractivity contribution is -0.116. The summed E-state index contributed by atoms with van der Waals surface area (Å²) in [7, 11) is 1.81. The van der Waals surface area contributed by atoms with Crippen molar-refractivity contribution in [3.05, 3.63) is 29.8 Å². The van der Waals surface area contributed by atoms with Gasteiger partial charge in [-0.05, 0) is 56.4 Å². The summed E-state index contributed by atoms with van der Waals surface area (Å²) >= 11 is 0. The van der Waals surface area contributed by atoms with Gasteiger partial charge in [-0.3, -0.25) is 9.79 Å². The molecule has 1 saturated heterocycles. The summed E-state index contributed by atoms with van der Waals surface area (Å²) in [6, 6.07) is 8.06. The second-order valence-electron chi connectivity index (χ2n) is 7.66. The van der Waals surface area contributed by atoms with E-state index in [1.54, 1.807) is 7.05 Å². The Balaban J connectivity index is 0.00000280. The van der Waals surface area contributed by atoms with Gasteiger partial charge in [0.1, 0.15) is 0 Å². The lowest BCUT2D eigenvalue weighted by atomic mass is 9.90. The van der Waals surface area contributed by atoms with Crippen LogP contribution in [-0.2, 0) is 4.79 Å². The maximum absolute atomic E-state index is 12.0.